The number of nitroso groups, excluding NO2 is 1. The van der Waals surface area contributed by atoms with Gasteiger partial charge in [-0.05, 0) is 6.07 Å². The molecule has 0 N–H and O–H groups in total. The van der Waals surface area contributed by atoms with Crippen LogP contribution in [0.25, 0.3) is 5.76 Å². The Morgan fingerprint density at radius 3 is 2.71 bits per heavy atom. The Kier molecular flexibility index (Phi) is 3.25. The molecule has 0 spiro atoms. The Morgan fingerprint density at radius 2 is 2.21 bits per heavy atom. The van der Waals surface area contributed by atoms with Gasteiger partial charge in [0.2, 0.25) is 0 Å². The summed E-state index contributed by atoms with van der Waals surface area (Å²) in [5.41, 5.74) is 1.15. The molecule has 1 aromatic carbocycles. The molecular formula is C10H11ClNO2+. The van der Waals surface area contributed by atoms with Crippen LogP contribution in [-0.2, 0) is 4.74 Å². The zero-order chi connectivity index (χ0) is 10.7. The van der Waals surface area contributed by atoms with E-state index in [0.717, 1.165) is 4.76 Å². The first kappa shape index (κ1) is 10.7. The SMILES string of the molecule is C=C(OC)c1cc([N+](C)=O)ccc1Cl. The zero-order valence-electron chi connectivity index (χ0n) is 8.08. The van der Waals surface area contributed by atoms with Gasteiger partial charge in [-0.3, -0.25) is 0 Å². The predicted molar refractivity (Wildman–Crippen MR) is 56.7 cm³/mol. The third-order valence-corrected chi connectivity index (χ3v) is 2.19. The first-order chi connectivity index (χ1) is 6.56. The first-order valence-electron chi connectivity index (χ1n) is 4.00. The first-order valence-corrected chi connectivity index (χ1v) is 4.37. The van der Waals surface area contributed by atoms with Crippen molar-refractivity contribution in [3.63, 3.8) is 0 Å². The molecule has 74 valence electrons. The van der Waals surface area contributed by atoms with Crippen molar-refractivity contribution in [2.45, 2.75) is 0 Å². The summed E-state index contributed by atoms with van der Waals surface area (Å²) in [5.74, 6) is 0.443. The molecule has 0 radical (unpaired) electrons. The standard InChI is InChI=1S/C10H11ClNO2/c1-7(14-3)9-6-8(12(2)13)4-5-10(9)11/h4-6H,1H2,2-3H3/q+1. The van der Waals surface area contributed by atoms with E-state index in [1.54, 1.807) is 18.2 Å². The molecule has 0 fully saturated rings. The van der Waals surface area contributed by atoms with E-state index in [1.165, 1.54) is 14.2 Å². The van der Waals surface area contributed by atoms with Gasteiger partial charge in [-0.15, -0.1) is 0 Å². The van der Waals surface area contributed by atoms with Crippen LogP contribution in [0.5, 0.6) is 0 Å². The van der Waals surface area contributed by atoms with E-state index in [1.807, 2.05) is 0 Å². The summed E-state index contributed by atoms with van der Waals surface area (Å²) >= 11 is 5.91. The van der Waals surface area contributed by atoms with Gasteiger partial charge in [0.05, 0.1) is 12.1 Å². The van der Waals surface area contributed by atoms with Crippen molar-refractivity contribution in [3.8, 4) is 0 Å². The average molecular weight is 213 g/mol. The molecule has 4 heteroatoms. The third-order valence-electron chi connectivity index (χ3n) is 1.86. The monoisotopic (exact) mass is 212 g/mol. The number of hydrogen-bond acceptors (Lipinski definition) is 2. The number of rotatable bonds is 3. The summed E-state index contributed by atoms with van der Waals surface area (Å²) in [4.78, 5) is 11.0. The molecule has 1 aromatic rings. The smallest absolute Gasteiger partial charge is 0.256 e. The van der Waals surface area contributed by atoms with E-state index in [9.17, 15) is 4.91 Å². The van der Waals surface area contributed by atoms with Gasteiger partial charge in [0.25, 0.3) is 5.69 Å². The fraction of sp³-hybridized carbons (Fsp3) is 0.200. The highest BCUT2D eigenvalue weighted by molar-refractivity contribution is 6.32. The van der Waals surface area contributed by atoms with Gasteiger partial charge in [0, 0.05) is 27.4 Å². The Morgan fingerprint density at radius 1 is 1.57 bits per heavy atom. The molecule has 0 aliphatic carbocycles. The molecule has 0 aromatic heterocycles. The predicted octanol–water partition coefficient (Wildman–Crippen LogP) is 3.00. The van der Waals surface area contributed by atoms with Crippen molar-refractivity contribution in [2.24, 2.45) is 0 Å². The quantitative estimate of drug-likeness (QED) is 0.570. The molecule has 0 heterocycles. The molecule has 0 aliphatic rings. The highest BCUT2D eigenvalue weighted by atomic mass is 35.5. The van der Waals surface area contributed by atoms with Gasteiger partial charge >= 0.3 is 0 Å². The van der Waals surface area contributed by atoms with Gasteiger partial charge < -0.3 is 4.74 Å². The van der Waals surface area contributed by atoms with Gasteiger partial charge in [-0.2, -0.15) is 0 Å². The largest absolute Gasteiger partial charge is 0.497 e. The van der Waals surface area contributed by atoms with Crippen LogP contribution in [0.4, 0.5) is 5.69 Å². The molecule has 0 aliphatic heterocycles. The number of halogens is 1. The Labute approximate surface area is 87.5 Å². The van der Waals surface area contributed by atoms with Gasteiger partial charge in [0.1, 0.15) is 5.76 Å². The summed E-state index contributed by atoms with van der Waals surface area (Å²) in [6.07, 6.45) is 0. The van der Waals surface area contributed by atoms with E-state index < -0.39 is 0 Å². The minimum absolute atomic E-state index is 0.443. The number of hydrogen-bond donors (Lipinski definition) is 0. The highest BCUT2D eigenvalue weighted by Crippen LogP contribution is 2.27. The Balaban J connectivity index is 3.21. The second-order valence-electron chi connectivity index (χ2n) is 2.79. The fourth-order valence-electron chi connectivity index (χ4n) is 1.03. The molecule has 0 amide bonds. The Bertz CT molecular complexity index is 388. The maximum Gasteiger partial charge on any atom is 0.256 e. The molecule has 1 rings (SSSR count). The summed E-state index contributed by atoms with van der Waals surface area (Å²) in [6.45, 7) is 3.68. The molecule has 0 bridgehead atoms. The minimum Gasteiger partial charge on any atom is -0.497 e. The zero-order valence-corrected chi connectivity index (χ0v) is 8.84. The summed E-state index contributed by atoms with van der Waals surface area (Å²) in [5, 5.41) is 0.516. The van der Waals surface area contributed by atoms with Gasteiger partial charge in [-0.25, -0.2) is 0 Å². The summed E-state index contributed by atoms with van der Waals surface area (Å²) in [7, 11) is 2.93. The molecule has 0 saturated carbocycles. The van der Waals surface area contributed by atoms with E-state index in [-0.39, 0.29) is 0 Å². The number of benzene rings is 1. The summed E-state index contributed by atoms with van der Waals surface area (Å²) < 4.78 is 5.71. The molecule has 3 nitrogen and oxygen atoms in total. The average Bonchev–Trinajstić information content (AvgIpc) is 2.17. The maximum atomic E-state index is 11.0. The van der Waals surface area contributed by atoms with Crippen molar-refractivity contribution < 1.29 is 9.50 Å². The van der Waals surface area contributed by atoms with E-state index in [0.29, 0.717) is 22.0 Å². The normalized spacial score (nSPS) is 9.64. The van der Waals surface area contributed by atoms with Gasteiger partial charge in [0.15, 0.2) is 7.05 Å². The second kappa shape index (κ2) is 4.24. The Hall–Kier alpha value is -1.35. The van der Waals surface area contributed by atoms with Crippen LogP contribution in [0, 0.1) is 4.91 Å². The molecular weight excluding hydrogens is 202 g/mol. The lowest BCUT2D eigenvalue weighted by Gasteiger charge is -2.05. The lowest BCUT2D eigenvalue weighted by molar-refractivity contribution is -0.428. The van der Waals surface area contributed by atoms with Crippen LogP contribution in [-0.4, -0.2) is 18.9 Å². The number of ether oxygens (including phenoxy) is 1. The molecule has 0 saturated heterocycles. The van der Waals surface area contributed by atoms with Crippen LogP contribution in [0.2, 0.25) is 5.02 Å². The number of methoxy groups -OCH3 is 1. The van der Waals surface area contributed by atoms with Crippen LogP contribution in [0.3, 0.4) is 0 Å². The van der Waals surface area contributed by atoms with Crippen LogP contribution < -0.4 is 0 Å². The van der Waals surface area contributed by atoms with Crippen molar-refractivity contribution in [3.05, 3.63) is 40.3 Å². The van der Waals surface area contributed by atoms with Crippen molar-refractivity contribution >= 4 is 23.0 Å². The minimum atomic E-state index is 0.443. The molecule has 0 unspecified atom stereocenters. The lowest BCUT2D eigenvalue weighted by atomic mass is 10.2. The van der Waals surface area contributed by atoms with Crippen molar-refractivity contribution in [1.29, 1.82) is 0 Å². The topological polar surface area (TPSA) is 29.3 Å². The van der Waals surface area contributed by atoms with Crippen molar-refractivity contribution in [2.75, 3.05) is 14.2 Å². The fourth-order valence-corrected chi connectivity index (χ4v) is 1.26. The highest BCUT2D eigenvalue weighted by Gasteiger charge is 2.12. The number of nitrogens with zero attached hydrogens (tertiary/aromatic N) is 1. The third kappa shape index (κ3) is 2.12. The lowest BCUT2D eigenvalue weighted by Crippen LogP contribution is -1.93. The molecule has 0 atom stereocenters. The van der Waals surface area contributed by atoms with Crippen LogP contribution >= 0.6 is 11.6 Å². The van der Waals surface area contributed by atoms with E-state index in [4.69, 9.17) is 16.3 Å². The van der Waals surface area contributed by atoms with E-state index in [2.05, 4.69) is 6.58 Å². The van der Waals surface area contributed by atoms with Crippen LogP contribution in [0.1, 0.15) is 5.56 Å². The van der Waals surface area contributed by atoms with Gasteiger partial charge in [-0.1, -0.05) is 18.2 Å². The second-order valence-corrected chi connectivity index (χ2v) is 3.20. The maximum absolute atomic E-state index is 11.0. The van der Waals surface area contributed by atoms with Crippen molar-refractivity contribution in [1.82, 2.24) is 0 Å². The van der Waals surface area contributed by atoms with Crippen LogP contribution in [0.15, 0.2) is 24.8 Å². The summed E-state index contributed by atoms with van der Waals surface area (Å²) in [6, 6.07) is 4.92. The van der Waals surface area contributed by atoms with E-state index >= 15 is 0 Å². The molecule has 14 heavy (non-hydrogen) atoms.